The van der Waals surface area contributed by atoms with Gasteiger partial charge in [-0.2, -0.15) is 0 Å². The topological polar surface area (TPSA) is 46.2 Å². The van der Waals surface area contributed by atoms with Gasteiger partial charge in [0.1, 0.15) is 0 Å². The van der Waals surface area contributed by atoms with Crippen LogP contribution in [0.4, 0.5) is 0 Å². The zero-order valence-corrected chi connectivity index (χ0v) is 10.8. The molecule has 1 aliphatic carbocycles. The fraction of sp³-hybridized carbons (Fsp3) is 0.600. The van der Waals surface area contributed by atoms with E-state index < -0.39 is 0 Å². The molecule has 0 bridgehead atoms. The predicted molar refractivity (Wildman–Crippen MR) is 70.9 cm³/mol. The molecule has 2 nitrogen and oxygen atoms in total. The fourth-order valence-electron chi connectivity index (χ4n) is 3.16. The zero-order chi connectivity index (χ0) is 12.5. The van der Waals surface area contributed by atoms with Crippen LogP contribution in [0.1, 0.15) is 45.1 Å². The van der Waals surface area contributed by atoms with Gasteiger partial charge in [-0.05, 0) is 45.1 Å². The van der Waals surface area contributed by atoms with Gasteiger partial charge in [-0.1, -0.05) is 30.3 Å². The lowest BCUT2D eigenvalue weighted by atomic mass is 9.59. The van der Waals surface area contributed by atoms with E-state index in [9.17, 15) is 5.11 Å². The summed E-state index contributed by atoms with van der Waals surface area (Å²) in [5, 5.41) is 9.71. The van der Waals surface area contributed by atoms with Crippen LogP contribution in [0.5, 0.6) is 0 Å². The predicted octanol–water partition coefficient (Wildman–Crippen LogP) is 2.60. The van der Waals surface area contributed by atoms with E-state index in [0.717, 1.165) is 25.7 Å². The van der Waals surface area contributed by atoms with Crippen molar-refractivity contribution in [2.75, 3.05) is 0 Å². The molecule has 0 amide bonds. The minimum absolute atomic E-state index is 0.00743. The highest BCUT2D eigenvalue weighted by atomic mass is 16.3. The van der Waals surface area contributed by atoms with Crippen LogP contribution < -0.4 is 5.73 Å². The third kappa shape index (κ3) is 2.24. The minimum atomic E-state index is -0.255. The van der Waals surface area contributed by atoms with Crippen molar-refractivity contribution < 1.29 is 5.11 Å². The van der Waals surface area contributed by atoms with Crippen LogP contribution in [0, 0.1) is 0 Å². The standard InChI is InChI=1S/C15H23NO/c1-14(2,16)15(10-8-13(17)9-11-15)12-6-4-3-5-7-12/h3-7,13,17H,8-11,16H2,1-2H3/t13-,15+. The second-order valence-electron chi connectivity index (χ2n) is 5.90. The molecule has 0 heterocycles. The molecule has 1 aromatic rings. The number of aliphatic hydroxyl groups excluding tert-OH is 1. The maximum Gasteiger partial charge on any atom is 0.0541 e. The van der Waals surface area contributed by atoms with Crippen LogP contribution in [0.25, 0.3) is 0 Å². The van der Waals surface area contributed by atoms with Gasteiger partial charge in [0.2, 0.25) is 0 Å². The molecule has 0 saturated heterocycles. The van der Waals surface area contributed by atoms with Crippen LogP contribution in [-0.2, 0) is 5.41 Å². The minimum Gasteiger partial charge on any atom is -0.393 e. The first kappa shape index (κ1) is 12.6. The molecule has 0 aromatic heterocycles. The Morgan fingerprint density at radius 1 is 1.18 bits per heavy atom. The van der Waals surface area contributed by atoms with Gasteiger partial charge in [-0.15, -0.1) is 0 Å². The maximum atomic E-state index is 9.71. The molecular weight excluding hydrogens is 210 g/mol. The summed E-state index contributed by atoms with van der Waals surface area (Å²) in [5.41, 5.74) is 7.51. The molecule has 1 saturated carbocycles. The average Bonchev–Trinajstić information content (AvgIpc) is 2.30. The molecule has 1 aromatic carbocycles. The summed E-state index contributed by atoms with van der Waals surface area (Å²) in [7, 11) is 0. The summed E-state index contributed by atoms with van der Waals surface area (Å²) >= 11 is 0. The van der Waals surface area contributed by atoms with E-state index in [1.807, 2.05) is 6.07 Å². The summed E-state index contributed by atoms with van der Waals surface area (Å²) < 4.78 is 0. The Labute approximate surface area is 104 Å². The number of nitrogens with two attached hydrogens (primary N) is 1. The summed E-state index contributed by atoms with van der Waals surface area (Å²) in [5.74, 6) is 0. The number of hydrogen-bond acceptors (Lipinski definition) is 2. The highest BCUT2D eigenvalue weighted by Crippen LogP contribution is 2.45. The van der Waals surface area contributed by atoms with E-state index in [0.29, 0.717) is 0 Å². The average molecular weight is 233 g/mol. The van der Waals surface area contributed by atoms with Gasteiger partial charge in [-0.25, -0.2) is 0 Å². The van der Waals surface area contributed by atoms with Gasteiger partial charge in [0.15, 0.2) is 0 Å². The number of rotatable bonds is 2. The lowest BCUT2D eigenvalue weighted by Gasteiger charge is -2.48. The third-order valence-electron chi connectivity index (χ3n) is 4.37. The number of aliphatic hydroxyl groups is 1. The SMILES string of the molecule is CC(C)(N)[C@]1(c2ccccc2)CC[C@H](O)CC1. The highest BCUT2D eigenvalue weighted by Gasteiger charge is 2.45. The van der Waals surface area contributed by atoms with Crippen LogP contribution in [0.2, 0.25) is 0 Å². The monoisotopic (exact) mass is 233 g/mol. The van der Waals surface area contributed by atoms with E-state index in [1.165, 1.54) is 5.56 Å². The van der Waals surface area contributed by atoms with Crippen molar-refractivity contribution >= 4 is 0 Å². The van der Waals surface area contributed by atoms with Crippen LogP contribution in [-0.4, -0.2) is 16.7 Å². The van der Waals surface area contributed by atoms with E-state index in [1.54, 1.807) is 0 Å². The molecule has 1 aliphatic rings. The molecule has 2 heteroatoms. The quantitative estimate of drug-likeness (QED) is 0.824. The third-order valence-corrected chi connectivity index (χ3v) is 4.37. The first-order chi connectivity index (χ1) is 7.96. The van der Waals surface area contributed by atoms with Crippen molar-refractivity contribution in [3.05, 3.63) is 35.9 Å². The molecule has 94 valence electrons. The highest BCUT2D eigenvalue weighted by molar-refractivity contribution is 5.30. The maximum absolute atomic E-state index is 9.71. The summed E-state index contributed by atoms with van der Waals surface area (Å²) in [6.07, 6.45) is 3.52. The van der Waals surface area contributed by atoms with Crippen molar-refractivity contribution in [1.29, 1.82) is 0 Å². The molecule has 2 rings (SSSR count). The van der Waals surface area contributed by atoms with E-state index in [-0.39, 0.29) is 17.1 Å². The largest absolute Gasteiger partial charge is 0.393 e. The van der Waals surface area contributed by atoms with Crippen molar-refractivity contribution in [3.63, 3.8) is 0 Å². The van der Waals surface area contributed by atoms with Gasteiger partial charge < -0.3 is 10.8 Å². The van der Waals surface area contributed by atoms with Gasteiger partial charge in [0.05, 0.1) is 6.10 Å². The Bertz CT molecular complexity index is 358. The first-order valence-corrected chi connectivity index (χ1v) is 6.48. The van der Waals surface area contributed by atoms with Gasteiger partial charge in [0.25, 0.3) is 0 Å². The smallest absolute Gasteiger partial charge is 0.0541 e. The molecule has 0 unspecified atom stereocenters. The van der Waals surface area contributed by atoms with Crippen molar-refractivity contribution in [2.24, 2.45) is 5.73 Å². The summed E-state index contributed by atoms with van der Waals surface area (Å²) in [6.45, 7) is 4.22. The normalized spacial score (nSPS) is 30.2. The van der Waals surface area contributed by atoms with Crippen LogP contribution in [0.15, 0.2) is 30.3 Å². The fourth-order valence-corrected chi connectivity index (χ4v) is 3.16. The molecule has 0 radical (unpaired) electrons. The van der Waals surface area contributed by atoms with Crippen molar-refractivity contribution in [1.82, 2.24) is 0 Å². The Balaban J connectivity index is 2.39. The molecular formula is C15H23NO. The molecule has 3 N–H and O–H groups in total. The Hall–Kier alpha value is -0.860. The van der Waals surface area contributed by atoms with E-state index in [4.69, 9.17) is 5.73 Å². The van der Waals surface area contributed by atoms with E-state index in [2.05, 4.69) is 38.1 Å². The Kier molecular flexibility index (Phi) is 3.28. The summed E-state index contributed by atoms with van der Waals surface area (Å²) in [6, 6.07) is 10.5. The zero-order valence-electron chi connectivity index (χ0n) is 10.8. The molecule has 0 spiro atoms. The lowest BCUT2D eigenvalue weighted by Crippen LogP contribution is -2.56. The van der Waals surface area contributed by atoms with Gasteiger partial charge in [-0.3, -0.25) is 0 Å². The molecule has 17 heavy (non-hydrogen) atoms. The molecule has 1 fully saturated rings. The first-order valence-electron chi connectivity index (χ1n) is 6.48. The second kappa shape index (κ2) is 4.43. The molecule has 0 atom stereocenters. The Morgan fingerprint density at radius 3 is 2.18 bits per heavy atom. The number of benzene rings is 1. The van der Waals surface area contributed by atoms with Crippen LogP contribution >= 0.6 is 0 Å². The Morgan fingerprint density at radius 2 is 1.71 bits per heavy atom. The van der Waals surface area contributed by atoms with E-state index >= 15 is 0 Å². The van der Waals surface area contributed by atoms with Crippen molar-refractivity contribution in [2.45, 2.75) is 56.6 Å². The van der Waals surface area contributed by atoms with Crippen LogP contribution in [0.3, 0.4) is 0 Å². The second-order valence-corrected chi connectivity index (χ2v) is 5.90. The van der Waals surface area contributed by atoms with Gasteiger partial charge in [0, 0.05) is 11.0 Å². The number of hydrogen-bond donors (Lipinski definition) is 2. The van der Waals surface area contributed by atoms with Crippen molar-refractivity contribution in [3.8, 4) is 0 Å². The lowest BCUT2D eigenvalue weighted by molar-refractivity contribution is 0.0690. The van der Waals surface area contributed by atoms with Gasteiger partial charge >= 0.3 is 0 Å². The molecule has 0 aliphatic heterocycles. The summed E-state index contributed by atoms with van der Waals surface area (Å²) in [4.78, 5) is 0.